The van der Waals surface area contributed by atoms with Gasteiger partial charge in [-0.15, -0.1) is 0 Å². The Balaban J connectivity index is 2.37. The molecule has 14 heavy (non-hydrogen) atoms. The van der Waals surface area contributed by atoms with E-state index >= 15 is 0 Å². The van der Waals surface area contributed by atoms with Gasteiger partial charge in [0.1, 0.15) is 12.6 Å². The zero-order chi connectivity index (χ0) is 9.80. The first-order valence-electron chi connectivity index (χ1n) is 4.47. The Morgan fingerprint density at radius 1 is 1.29 bits per heavy atom. The molecule has 2 rings (SSSR count). The molecule has 1 aromatic carbocycles. The van der Waals surface area contributed by atoms with E-state index in [2.05, 4.69) is 4.98 Å². The third-order valence-electron chi connectivity index (χ3n) is 2.02. The van der Waals surface area contributed by atoms with E-state index < -0.39 is 0 Å². The minimum atomic E-state index is 0.532. The van der Waals surface area contributed by atoms with Crippen LogP contribution >= 0.6 is 0 Å². The summed E-state index contributed by atoms with van der Waals surface area (Å²) in [6.45, 7) is 0.532. The standard InChI is InChI=1S/C11H12N2O/c1-14-9-13-8-7-12-11(13)10-5-3-2-4-6-10/h2-8H,9H2,1H3. The van der Waals surface area contributed by atoms with E-state index in [1.807, 2.05) is 41.1 Å². The largest absolute Gasteiger partial charge is 0.364 e. The highest BCUT2D eigenvalue weighted by Crippen LogP contribution is 2.16. The van der Waals surface area contributed by atoms with Gasteiger partial charge in [0.15, 0.2) is 0 Å². The molecule has 0 atom stereocenters. The van der Waals surface area contributed by atoms with E-state index in [1.54, 1.807) is 13.3 Å². The van der Waals surface area contributed by atoms with Crippen molar-refractivity contribution < 1.29 is 4.74 Å². The Morgan fingerprint density at radius 2 is 2.07 bits per heavy atom. The molecule has 0 spiro atoms. The summed E-state index contributed by atoms with van der Waals surface area (Å²) < 4.78 is 7.04. The molecule has 0 amide bonds. The van der Waals surface area contributed by atoms with Crippen molar-refractivity contribution >= 4 is 0 Å². The Morgan fingerprint density at radius 3 is 2.79 bits per heavy atom. The van der Waals surface area contributed by atoms with Crippen LogP contribution in [0.25, 0.3) is 11.4 Å². The van der Waals surface area contributed by atoms with Gasteiger partial charge >= 0.3 is 0 Å². The van der Waals surface area contributed by atoms with Gasteiger partial charge in [-0.25, -0.2) is 4.98 Å². The molecule has 0 fully saturated rings. The summed E-state index contributed by atoms with van der Waals surface area (Å²) in [5.41, 5.74) is 1.11. The lowest BCUT2D eigenvalue weighted by Crippen LogP contribution is -2.00. The van der Waals surface area contributed by atoms with Gasteiger partial charge in [0, 0.05) is 25.1 Å². The van der Waals surface area contributed by atoms with Gasteiger partial charge in [0.25, 0.3) is 0 Å². The van der Waals surface area contributed by atoms with Gasteiger partial charge in [0.05, 0.1) is 0 Å². The van der Waals surface area contributed by atoms with Gasteiger partial charge in [-0.1, -0.05) is 30.3 Å². The number of methoxy groups -OCH3 is 1. The second-order valence-corrected chi connectivity index (χ2v) is 3.00. The Labute approximate surface area is 83.0 Å². The van der Waals surface area contributed by atoms with E-state index in [0.717, 1.165) is 11.4 Å². The fourth-order valence-corrected chi connectivity index (χ4v) is 1.40. The topological polar surface area (TPSA) is 27.1 Å². The monoisotopic (exact) mass is 188 g/mol. The average Bonchev–Trinajstić information content (AvgIpc) is 2.68. The summed E-state index contributed by atoms with van der Waals surface area (Å²) in [5.74, 6) is 0.937. The molecular weight excluding hydrogens is 176 g/mol. The van der Waals surface area contributed by atoms with Gasteiger partial charge in [-0.2, -0.15) is 0 Å². The number of hydrogen-bond acceptors (Lipinski definition) is 2. The molecule has 0 radical (unpaired) electrons. The maximum atomic E-state index is 5.07. The van der Waals surface area contributed by atoms with E-state index in [1.165, 1.54) is 0 Å². The fraction of sp³-hybridized carbons (Fsp3) is 0.182. The van der Waals surface area contributed by atoms with Crippen molar-refractivity contribution in [2.24, 2.45) is 0 Å². The molecule has 0 bridgehead atoms. The van der Waals surface area contributed by atoms with Crippen molar-refractivity contribution in [2.75, 3.05) is 7.11 Å². The van der Waals surface area contributed by atoms with Gasteiger partial charge in [0.2, 0.25) is 0 Å². The van der Waals surface area contributed by atoms with Crippen molar-refractivity contribution in [1.82, 2.24) is 9.55 Å². The second-order valence-electron chi connectivity index (χ2n) is 3.00. The maximum Gasteiger partial charge on any atom is 0.141 e. The van der Waals surface area contributed by atoms with Gasteiger partial charge < -0.3 is 9.30 Å². The van der Waals surface area contributed by atoms with Crippen LogP contribution in [-0.4, -0.2) is 16.7 Å². The van der Waals surface area contributed by atoms with Gasteiger partial charge in [-0.05, 0) is 0 Å². The molecule has 0 saturated heterocycles. The number of ether oxygens (including phenoxy) is 1. The molecule has 0 N–H and O–H groups in total. The highest BCUT2D eigenvalue weighted by atomic mass is 16.5. The predicted molar refractivity (Wildman–Crippen MR) is 54.7 cm³/mol. The summed E-state index contributed by atoms with van der Waals surface area (Å²) in [6.07, 6.45) is 3.69. The lowest BCUT2D eigenvalue weighted by molar-refractivity contribution is 0.132. The summed E-state index contributed by atoms with van der Waals surface area (Å²) >= 11 is 0. The first-order valence-corrected chi connectivity index (χ1v) is 4.47. The smallest absolute Gasteiger partial charge is 0.141 e. The highest BCUT2D eigenvalue weighted by molar-refractivity contribution is 5.54. The molecular formula is C11H12N2O. The number of aromatic nitrogens is 2. The fourth-order valence-electron chi connectivity index (χ4n) is 1.40. The second kappa shape index (κ2) is 4.07. The molecule has 0 aliphatic carbocycles. The average molecular weight is 188 g/mol. The molecule has 1 aromatic heterocycles. The van der Waals surface area contributed by atoms with Crippen molar-refractivity contribution in [1.29, 1.82) is 0 Å². The lowest BCUT2D eigenvalue weighted by atomic mass is 10.2. The van der Waals surface area contributed by atoms with Crippen LogP contribution in [0.1, 0.15) is 0 Å². The first kappa shape index (κ1) is 8.97. The van der Waals surface area contributed by atoms with Crippen molar-refractivity contribution in [3.63, 3.8) is 0 Å². The molecule has 0 aliphatic heterocycles. The first-order chi connectivity index (χ1) is 6.92. The van der Waals surface area contributed by atoms with E-state index in [-0.39, 0.29) is 0 Å². The van der Waals surface area contributed by atoms with E-state index in [0.29, 0.717) is 6.73 Å². The van der Waals surface area contributed by atoms with Crippen LogP contribution in [0.3, 0.4) is 0 Å². The number of nitrogens with zero attached hydrogens (tertiary/aromatic N) is 2. The van der Waals surface area contributed by atoms with Crippen LogP contribution in [0.4, 0.5) is 0 Å². The lowest BCUT2D eigenvalue weighted by Gasteiger charge is -2.05. The van der Waals surface area contributed by atoms with Crippen LogP contribution in [0, 0.1) is 0 Å². The van der Waals surface area contributed by atoms with Gasteiger partial charge in [-0.3, -0.25) is 0 Å². The summed E-state index contributed by atoms with van der Waals surface area (Å²) in [6, 6.07) is 10.1. The quantitative estimate of drug-likeness (QED) is 0.738. The number of hydrogen-bond donors (Lipinski definition) is 0. The summed E-state index contributed by atoms with van der Waals surface area (Å²) in [7, 11) is 1.68. The molecule has 2 aromatic rings. The molecule has 72 valence electrons. The zero-order valence-electron chi connectivity index (χ0n) is 8.05. The summed E-state index contributed by atoms with van der Waals surface area (Å²) in [5, 5.41) is 0. The van der Waals surface area contributed by atoms with Crippen LogP contribution < -0.4 is 0 Å². The maximum absolute atomic E-state index is 5.07. The third-order valence-corrected chi connectivity index (χ3v) is 2.02. The molecule has 0 aliphatic rings. The van der Waals surface area contributed by atoms with Crippen LogP contribution in [0.15, 0.2) is 42.7 Å². The molecule has 1 heterocycles. The van der Waals surface area contributed by atoms with Crippen LogP contribution in [0.2, 0.25) is 0 Å². The summed E-state index contributed by atoms with van der Waals surface area (Å²) in [4.78, 5) is 4.29. The van der Waals surface area contributed by atoms with Crippen molar-refractivity contribution in [3.8, 4) is 11.4 Å². The number of imidazole rings is 1. The minimum absolute atomic E-state index is 0.532. The Bertz CT molecular complexity index is 395. The normalized spacial score (nSPS) is 10.4. The number of benzene rings is 1. The number of rotatable bonds is 3. The highest BCUT2D eigenvalue weighted by Gasteiger charge is 2.03. The zero-order valence-corrected chi connectivity index (χ0v) is 8.05. The van der Waals surface area contributed by atoms with Crippen LogP contribution in [0.5, 0.6) is 0 Å². The van der Waals surface area contributed by atoms with Crippen molar-refractivity contribution in [2.45, 2.75) is 6.73 Å². The van der Waals surface area contributed by atoms with E-state index in [9.17, 15) is 0 Å². The predicted octanol–water partition coefficient (Wildman–Crippen LogP) is 2.15. The van der Waals surface area contributed by atoms with Crippen molar-refractivity contribution in [3.05, 3.63) is 42.7 Å². The molecule has 0 unspecified atom stereocenters. The molecule has 3 nitrogen and oxygen atoms in total. The Hall–Kier alpha value is -1.61. The SMILES string of the molecule is COCn1ccnc1-c1ccccc1. The third kappa shape index (κ3) is 1.67. The molecule has 0 saturated carbocycles. The van der Waals surface area contributed by atoms with E-state index in [4.69, 9.17) is 4.74 Å². The van der Waals surface area contributed by atoms with Crippen LogP contribution in [-0.2, 0) is 11.5 Å². The Kier molecular flexibility index (Phi) is 2.60. The minimum Gasteiger partial charge on any atom is -0.364 e. The molecule has 3 heteroatoms.